The Hall–Kier alpha value is -1.36. The SMILES string of the molecule is CCCC(C)NC(=O)CNCc1ccnn1C. The summed E-state index contributed by atoms with van der Waals surface area (Å²) in [6, 6.07) is 2.19. The minimum absolute atomic E-state index is 0.0492. The zero-order chi connectivity index (χ0) is 12.7. The summed E-state index contributed by atoms with van der Waals surface area (Å²) in [5.41, 5.74) is 1.07. The first-order valence-corrected chi connectivity index (χ1v) is 6.10. The first-order chi connectivity index (χ1) is 8.13. The van der Waals surface area contributed by atoms with Crippen LogP contribution in [0.2, 0.25) is 0 Å². The van der Waals surface area contributed by atoms with E-state index in [2.05, 4.69) is 22.7 Å². The van der Waals surface area contributed by atoms with E-state index in [-0.39, 0.29) is 11.9 Å². The van der Waals surface area contributed by atoms with Crippen LogP contribution < -0.4 is 10.6 Å². The second-order valence-electron chi connectivity index (χ2n) is 4.31. The fourth-order valence-corrected chi connectivity index (χ4v) is 1.71. The molecule has 1 unspecified atom stereocenters. The molecule has 1 aromatic heterocycles. The van der Waals surface area contributed by atoms with Gasteiger partial charge in [0, 0.05) is 25.8 Å². The summed E-state index contributed by atoms with van der Waals surface area (Å²) in [5, 5.41) is 10.1. The van der Waals surface area contributed by atoms with Crippen LogP contribution in [0.15, 0.2) is 12.3 Å². The molecular weight excluding hydrogens is 216 g/mol. The van der Waals surface area contributed by atoms with Crippen LogP contribution in [0, 0.1) is 0 Å². The molecule has 0 saturated heterocycles. The van der Waals surface area contributed by atoms with Crippen LogP contribution in [-0.2, 0) is 18.4 Å². The van der Waals surface area contributed by atoms with Gasteiger partial charge in [0.2, 0.25) is 5.91 Å². The quantitative estimate of drug-likeness (QED) is 0.739. The summed E-state index contributed by atoms with van der Waals surface area (Å²) >= 11 is 0. The van der Waals surface area contributed by atoms with Crippen LogP contribution in [0.5, 0.6) is 0 Å². The zero-order valence-electron chi connectivity index (χ0n) is 10.9. The summed E-state index contributed by atoms with van der Waals surface area (Å²) in [4.78, 5) is 11.5. The number of hydrogen-bond acceptors (Lipinski definition) is 3. The van der Waals surface area contributed by atoms with Crippen LogP contribution in [0.1, 0.15) is 32.4 Å². The van der Waals surface area contributed by atoms with Gasteiger partial charge in [-0.1, -0.05) is 13.3 Å². The van der Waals surface area contributed by atoms with Gasteiger partial charge < -0.3 is 10.6 Å². The van der Waals surface area contributed by atoms with Crippen molar-refractivity contribution >= 4 is 5.91 Å². The molecule has 0 bridgehead atoms. The van der Waals surface area contributed by atoms with Crippen LogP contribution >= 0.6 is 0 Å². The lowest BCUT2D eigenvalue weighted by Crippen LogP contribution is -2.38. The predicted molar refractivity (Wildman–Crippen MR) is 67.4 cm³/mol. The van der Waals surface area contributed by atoms with E-state index in [0.29, 0.717) is 13.1 Å². The van der Waals surface area contributed by atoms with Crippen LogP contribution in [-0.4, -0.2) is 28.3 Å². The van der Waals surface area contributed by atoms with Gasteiger partial charge in [0.1, 0.15) is 0 Å². The first-order valence-electron chi connectivity index (χ1n) is 6.10. The lowest BCUT2D eigenvalue weighted by Gasteiger charge is -2.13. The van der Waals surface area contributed by atoms with Crippen molar-refractivity contribution in [3.8, 4) is 0 Å². The summed E-state index contributed by atoms with van der Waals surface area (Å²) in [7, 11) is 1.89. The van der Waals surface area contributed by atoms with Crippen molar-refractivity contribution in [1.29, 1.82) is 0 Å². The average molecular weight is 238 g/mol. The molecule has 0 fully saturated rings. The highest BCUT2D eigenvalue weighted by Crippen LogP contribution is 1.95. The summed E-state index contributed by atoms with van der Waals surface area (Å²) in [5.74, 6) is 0.0492. The second-order valence-corrected chi connectivity index (χ2v) is 4.31. The largest absolute Gasteiger partial charge is 0.353 e. The molecule has 1 rings (SSSR count). The molecule has 0 aliphatic rings. The average Bonchev–Trinajstić information content (AvgIpc) is 2.64. The smallest absolute Gasteiger partial charge is 0.234 e. The number of nitrogens with one attached hydrogen (secondary N) is 2. The number of aromatic nitrogens is 2. The Bertz CT molecular complexity index is 348. The van der Waals surface area contributed by atoms with Gasteiger partial charge in [0.25, 0.3) is 0 Å². The molecule has 0 radical (unpaired) electrons. The Balaban J connectivity index is 2.18. The second kappa shape index (κ2) is 7.06. The van der Waals surface area contributed by atoms with Crippen molar-refractivity contribution < 1.29 is 4.79 Å². The number of carbonyl (C=O) groups excluding carboxylic acids is 1. The highest BCUT2D eigenvalue weighted by atomic mass is 16.1. The Morgan fingerprint density at radius 2 is 2.35 bits per heavy atom. The number of aryl methyl sites for hydroxylation is 1. The molecule has 1 heterocycles. The molecule has 0 spiro atoms. The number of nitrogens with zero attached hydrogens (tertiary/aromatic N) is 2. The molecule has 0 aliphatic heterocycles. The third-order valence-electron chi connectivity index (χ3n) is 2.64. The molecule has 1 aromatic rings. The van der Waals surface area contributed by atoms with E-state index in [9.17, 15) is 4.79 Å². The molecule has 0 saturated carbocycles. The molecule has 5 nitrogen and oxygen atoms in total. The van der Waals surface area contributed by atoms with Crippen LogP contribution in [0.3, 0.4) is 0 Å². The van der Waals surface area contributed by atoms with Gasteiger partial charge >= 0.3 is 0 Å². The van der Waals surface area contributed by atoms with Crippen LogP contribution in [0.25, 0.3) is 0 Å². The molecule has 5 heteroatoms. The van der Waals surface area contributed by atoms with Crippen molar-refractivity contribution in [1.82, 2.24) is 20.4 Å². The van der Waals surface area contributed by atoms with E-state index < -0.39 is 0 Å². The molecule has 1 amide bonds. The third kappa shape index (κ3) is 4.99. The summed E-state index contributed by atoms with van der Waals surface area (Å²) in [6.07, 6.45) is 3.86. The van der Waals surface area contributed by atoms with Gasteiger partial charge in [-0.25, -0.2) is 0 Å². The van der Waals surface area contributed by atoms with Gasteiger partial charge in [-0.2, -0.15) is 5.10 Å². The lowest BCUT2D eigenvalue weighted by atomic mass is 10.2. The molecule has 17 heavy (non-hydrogen) atoms. The van der Waals surface area contributed by atoms with Crippen LogP contribution in [0.4, 0.5) is 0 Å². The zero-order valence-corrected chi connectivity index (χ0v) is 10.9. The maximum absolute atomic E-state index is 11.5. The molecule has 0 aromatic carbocycles. The maximum atomic E-state index is 11.5. The van der Waals surface area contributed by atoms with Crippen molar-refractivity contribution in [2.45, 2.75) is 39.3 Å². The molecular formula is C12H22N4O. The van der Waals surface area contributed by atoms with E-state index in [1.54, 1.807) is 10.9 Å². The van der Waals surface area contributed by atoms with Gasteiger partial charge in [-0.3, -0.25) is 9.48 Å². The number of amides is 1. The van der Waals surface area contributed by atoms with Crippen molar-refractivity contribution in [2.24, 2.45) is 7.05 Å². The fraction of sp³-hybridized carbons (Fsp3) is 0.667. The molecule has 96 valence electrons. The van der Waals surface area contributed by atoms with E-state index in [1.165, 1.54) is 0 Å². The normalized spacial score (nSPS) is 12.4. The van der Waals surface area contributed by atoms with Gasteiger partial charge in [-0.05, 0) is 19.4 Å². The topological polar surface area (TPSA) is 59.0 Å². The standard InChI is InChI=1S/C12H22N4O/c1-4-5-10(2)15-12(17)9-13-8-11-6-7-14-16(11)3/h6-7,10,13H,4-5,8-9H2,1-3H3,(H,15,17). The number of hydrogen-bond donors (Lipinski definition) is 2. The third-order valence-corrected chi connectivity index (χ3v) is 2.64. The highest BCUT2D eigenvalue weighted by Gasteiger charge is 2.06. The number of carbonyl (C=O) groups is 1. The van der Waals surface area contributed by atoms with E-state index in [0.717, 1.165) is 18.5 Å². The highest BCUT2D eigenvalue weighted by molar-refractivity contribution is 5.78. The Morgan fingerprint density at radius 1 is 1.59 bits per heavy atom. The summed E-state index contributed by atoms with van der Waals surface area (Å²) < 4.78 is 1.80. The minimum atomic E-state index is 0.0492. The monoisotopic (exact) mass is 238 g/mol. The van der Waals surface area contributed by atoms with Crippen molar-refractivity contribution in [3.05, 3.63) is 18.0 Å². The first kappa shape index (κ1) is 13.7. The van der Waals surface area contributed by atoms with Gasteiger partial charge in [0.05, 0.1) is 12.2 Å². The van der Waals surface area contributed by atoms with E-state index in [1.807, 2.05) is 20.0 Å². The van der Waals surface area contributed by atoms with Gasteiger partial charge in [-0.15, -0.1) is 0 Å². The Kier molecular flexibility index (Phi) is 5.69. The van der Waals surface area contributed by atoms with E-state index >= 15 is 0 Å². The number of rotatable bonds is 7. The molecule has 1 atom stereocenters. The predicted octanol–water partition coefficient (Wildman–Crippen LogP) is 0.814. The van der Waals surface area contributed by atoms with Crippen molar-refractivity contribution in [2.75, 3.05) is 6.54 Å². The molecule has 0 aliphatic carbocycles. The Morgan fingerprint density at radius 3 is 2.94 bits per heavy atom. The van der Waals surface area contributed by atoms with Gasteiger partial charge in [0.15, 0.2) is 0 Å². The maximum Gasteiger partial charge on any atom is 0.234 e. The lowest BCUT2D eigenvalue weighted by molar-refractivity contribution is -0.120. The Labute approximate surface area is 103 Å². The van der Waals surface area contributed by atoms with Crippen molar-refractivity contribution in [3.63, 3.8) is 0 Å². The minimum Gasteiger partial charge on any atom is -0.353 e. The summed E-state index contributed by atoms with van der Waals surface area (Å²) in [6.45, 7) is 5.15. The fourth-order valence-electron chi connectivity index (χ4n) is 1.71. The van der Waals surface area contributed by atoms with E-state index in [4.69, 9.17) is 0 Å². The molecule has 2 N–H and O–H groups in total.